The van der Waals surface area contributed by atoms with Crippen molar-refractivity contribution in [3.8, 4) is 0 Å². The lowest BCUT2D eigenvalue weighted by Gasteiger charge is -2.50. The largest absolute Gasteiger partial charge is 0.465 e. The first-order valence-corrected chi connectivity index (χ1v) is 17.8. The van der Waals surface area contributed by atoms with Crippen LogP contribution in [0.2, 0.25) is 0 Å². The van der Waals surface area contributed by atoms with E-state index in [-0.39, 0.29) is 39.6 Å². The monoisotopic (exact) mass is 761 g/mol. The Morgan fingerprint density at radius 3 is 1.71 bits per heavy atom. The molecule has 6 rings (SSSR count). The van der Waals surface area contributed by atoms with Gasteiger partial charge in [0.05, 0.1) is 53.9 Å². The van der Waals surface area contributed by atoms with Gasteiger partial charge in [0, 0.05) is 5.23 Å². The van der Waals surface area contributed by atoms with E-state index >= 15 is 0 Å². The lowest BCUT2D eigenvalue weighted by molar-refractivity contribution is -0.379. The molecule has 0 aromatic heterocycles. The number of benzene rings is 3. The van der Waals surface area contributed by atoms with Crippen molar-refractivity contribution in [3.05, 3.63) is 119 Å². The van der Waals surface area contributed by atoms with E-state index in [1.165, 1.54) is 13.8 Å². The minimum atomic E-state index is -2.77. The molecule has 55 heavy (non-hydrogen) atoms. The zero-order valence-corrected chi connectivity index (χ0v) is 30.9. The lowest BCUT2D eigenvalue weighted by Crippen LogP contribution is -2.74. The molecule has 0 unspecified atom stereocenters. The van der Waals surface area contributed by atoms with E-state index < -0.39 is 70.8 Å². The van der Waals surface area contributed by atoms with E-state index in [1.54, 1.807) is 0 Å². The maximum Gasteiger partial charge on any atom is 0.376 e. The summed E-state index contributed by atoms with van der Waals surface area (Å²) in [6.45, 7) is 2.61. The molecule has 2 fully saturated rings. The molecule has 3 aliphatic rings. The topological polar surface area (TPSA) is 164 Å². The summed E-state index contributed by atoms with van der Waals surface area (Å²) in [5, 5.41) is 0.680. The molecular formula is C40H43NO14. The highest BCUT2D eigenvalue weighted by Gasteiger charge is 2.84. The highest BCUT2D eigenvalue weighted by molar-refractivity contribution is 6.07. The zero-order chi connectivity index (χ0) is 39.0. The van der Waals surface area contributed by atoms with Crippen molar-refractivity contribution in [2.24, 2.45) is 0 Å². The molecule has 0 bridgehead atoms. The van der Waals surface area contributed by atoms with Gasteiger partial charge in [0.15, 0.2) is 5.54 Å². The number of nitrogens with zero attached hydrogens (tertiary/aromatic N) is 1. The number of rotatable bonds is 16. The molecule has 1 spiro atoms. The van der Waals surface area contributed by atoms with Gasteiger partial charge >= 0.3 is 29.5 Å². The maximum absolute atomic E-state index is 14.2. The van der Waals surface area contributed by atoms with Gasteiger partial charge in [-0.25, -0.2) is 24.0 Å². The fraction of sp³-hybridized carbons (Fsp3) is 0.400. The Kier molecular flexibility index (Phi) is 12.6. The predicted octanol–water partition coefficient (Wildman–Crippen LogP) is 3.54. The molecular weight excluding hydrogens is 718 g/mol. The van der Waals surface area contributed by atoms with Gasteiger partial charge in [-0.1, -0.05) is 91.0 Å². The Hall–Kier alpha value is -5.16. The summed E-state index contributed by atoms with van der Waals surface area (Å²) in [4.78, 5) is 68.1. The third-order valence-corrected chi connectivity index (χ3v) is 9.38. The van der Waals surface area contributed by atoms with Crippen LogP contribution in [0.1, 0.15) is 30.5 Å². The van der Waals surface area contributed by atoms with Crippen LogP contribution < -0.4 is 0 Å². The van der Waals surface area contributed by atoms with E-state index in [9.17, 15) is 19.2 Å². The predicted molar refractivity (Wildman–Crippen MR) is 189 cm³/mol. The first-order chi connectivity index (χ1) is 26.8. The van der Waals surface area contributed by atoms with Crippen LogP contribution in [0.5, 0.6) is 0 Å². The minimum Gasteiger partial charge on any atom is -0.465 e. The quantitative estimate of drug-likeness (QED) is 0.118. The molecule has 15 nitrogen and oxygen atoms in total. The number of carbonyl (C=O) groups excluding carboxylic acids is 4. The molecule has 0 aliphatic carbocycles. The molecule has 0 radical (unpaired) electrons. The average Bonchev–Trinajstić information content (AvgIpc) is 3.69. The first-order valence-electron chi connectivity index (χ1n) is 17.8. The number of hydroxylamine groups is 2. The van der Waals surface area contributed by atoms with Crippen LogP contribution in [0, 0.1) is 0 Å². The van der Waals surface area contributed by atoms with Gasteiger partial charge in [-0.15, -0.1) is 0 Å². The van der Waals surface area contributed by atoms with Gasteiger partial charge in [0.25, 0.3) is 0 Å². The van der Waals surface area contributed by atoms with E-state index in [0.717, 1.165) is 25.3 Å². The molecule has 3 aliphatic heterocycles. The number of hydrogen-bond donors (Lipinski definition) is 0. The Morgan fingerprint density at radius 1 is 0.691 bits per heavy atom. The Balaban J connectivity index is 1.58. The van der Waals surface area contributed by atoms with Gasteiger partial charge in [0.2, 0.25) is 5.76 Å². The molecule has 15 heteroatoms. The molecule has 3 aromatic carbocycles. The van der Waals surface area contributed by atoms with Crippen LogP contribution in [0.25, 0.3) is 0 Å². The summed E-state index contributed by atoms with van der Waals surface area (Å²) in [7, 11) is 2.17. The standard InChI is InChI=1S/C40H43NO14/c1-5-49-37(44)40(38(45)50-6-2)36-39(30(34(42)46-3)32(35(43)47-4)54-41(39)55-40)33(52-24-28-20-14-9-15-21-28)31(51-23-27-18-12-8-13-19-27)29(53-36)25-48-22-26-16-10-7-11-17-26/h7-21,29,31,33,36H,5-6,22-25H2,1-4H3/t29-,31+,33+,36+,39+/m1/s1. The van der Waals surface area contributed by atoms with Crippen molar-refractivity contribution in [1.29, 1.82) is 0 Å². The van der Waals surface area contributed by atoms with Gasteiger partial charge in [-0.3, -0.25) is 0 Å². The second-order valence-corrected chi connectivity index (χ2v) is 12.7. The molecule has 0 saturated carbocycles. The SMILES string of the molecule is CCOC(=O)C1(C(=O)OCC)ON2OC(C(=O)OC)=C(C(=O)OC)[C@]23[C@@H]1O[C@H](COCc1ccccc1)[C@H](OCc1ccccc1)[C@@H]3OCc1ccccc1. The third-order valence-electron chi connectivity index (χ3n) is 9.38. The van der Waals surface area contributed by atoms with Crippen LogP contribution in [0.15, 0.2) is 102 Å². The molecule has 0 amide bonds. The van der Waals surface area contributed by atoms with E-state index in [2.05, 4.69) is 0 Å². The Labute approximate surface area is 317 Å². The highest BCUT2D eigenvalue weighted by atomic mass is 17.0. The summed E-state index contributed by atoms with van der Waals surface area (Å²) in [5.41, 5.74) is -3.23. The van der Waals surface area contributed by atoms with Crippen LogP contribution in [0.3, 0.4) is 0 Å². The summed E-state index contributed by atoms with van der Waals surface area (Å²) in [6.07, 6.45) is -5.63. The van der Waals surface area contributed by atoms with Crippen molar-refractivity contribution >= 4 is 23.9 Å². The van der Waals surface area contributed by atoms with Gasteiger partial charge < -0.3 is 42.7 Å². The van der Waals surface area contributed by atoms with E-state index in [1.807, 2.05) is 91.0 Å². The summed E-state index contributed by atoms with van der Waals surface area (Å²) >= 11 is 0. The van der Waals surface area contributed by atoms with Crippen molar-refractivity contribution < 1.29 is 66.7 Å². The summed E-state index contributed by atoms with van der Waals surface area (Å²) in [5.74, 6) is -5.28. The molecule has 292 valence electrons. The summed E-state index contributed by atoms with van der Waals surface area (Å²) < 4.78 is 47.6. The van der Waals surface area contributed by atoms with Crippen LogP contribution in [0.4, 0.5) is 0 Å². The number of methoxy groups -OCH3 is 2. The molecule has 2 saturated heterocycles. The van der Waals surface area contributed by atoms with E-state index in [4.69, 9.17) is 47.6 Å². The maximum atomic E-state index is 14.2. The molecule has 5 atom stereocenters. The smallest absolute Gasteiger partial charge is 0.376 e. The fourth-order valence-corrected chi connectivity index (χ4v) is 6.96. The average molecular weight is 762 g/mol. The van der Waals surface area contributed by atoms with Gasteiger partial charge in [-0.2, -0.15) is 0 Å². The second-order valence-electron chi connectivity index (χ2n) is 12.7. The molecule has 3 heterocycles. The molecule has 0 N–H and O–H groups in total. The van der Waals surface area contributed by atoms with Crippen molar-refractivity contribution in [1.82, 2.24) is 5.23 Å². The van der Waals surface area contributed by atoms with Crippen molar-refractivity contribution in [3.63, 3.8) is 0 Å². The van der Waals surface area contributed by atoms with E-state index in [0.29, 0.717) is 10.8 Å². The molecule has 3 aromatic rings. The number of hydrogen-bond acceptors (Lipinski definition) is 15. The second kappa shape index (κ2) is 17.5. The first kappa shape index (κ1) is 39.5. The van der Waals surface area contributed by atoms with Gasteiger partial charge in [-0.05, 0) is 30.5 Å². The fourth-order valence-electron chi connectivity index (χ4n) is 6.96. The zero-order valence-electron chi connectivity index (χ0n) is 30.9. The third kappa shape index (κ3) is 7.46. The van der Waals surface area contributed by atoms with Crippen LogP contribution in [-0.4, -0.2) is 98.7 Å². The van der Waals surface area contributed by atoms with Crippen molar-refractivity contribution in [2.45, 2.75) is 69.2 Å². The number of carbonyl (C=O) groups is 4. The highest BCUT2D eigenvalue weighted by Crippen LogP contribution is 2.58. The normalized spacial score (nSPS) is 23.9. The lowest BCUT2D eigenvalue weighted by atomic mass is 9.69. The van der Waals surface area contributed by atoms with Crippen molar-refractivity contribution in [2.75, 3.05) is 34.0 Å². The summed E-state index contributed by atoms with van der Waals surface area (Å²) in [6, 6.07) is 27.8. The Bertz CT molecular complexity index is 1820. The Morgan fingerprint density at radius 2 is 1.20 bits per heavy atom. The number of esters is 4. The van der Waals surface area contributed by atoms with Crippen LogP contribution in [-0.2, 0) is 86.6 Å². The number of ether oxygens (including phenoxy) is 8. The minimum absolute atomic E-state index is 0.0136. The van der Waals surface area contributed by atoms with Gasteiger partial charge in [0.1, 0.15) is 30.0 Å². The van der Waals surface area contributed by atoms with Crippen LogP contribution >= 0.6 is 0 Å².